The number of carbonyl (C=O) groups is 2. The maximum absolute atomic E-state index is 13.2. The minimum atomic E-state index is -0.589. The molecule has 1 spiro atoms. The lowest BCUT2D eigenvalue weighted by Gasteiger charge is -2.35. The fourth-order valence-electron chi connectivity index (χ4n) is 5.08. The van der Waals surface area contributed by atoms with Crippen LogP contribution < -0.4 is 10.1 Å². The first-order valence-electron chi connectivity index (χ1n) is 10.8. The van der Waals surface area contributed by atoms with Gasteiger partial charge in [-0.3, -0.25) is 14.5 Å². The van der Waals surface area contributed by atoms with E-state index < -0.39 is 5.54 Å². The van der Waals surface area contributed by atoms with Gasteiger partial charge in [-0.05, 0) is 37.5 Å². The number of nitrogens with zero attached hydrogens (tertiary/aromatic N) is 2. The van der Waals surface area contributed by atoms with Gasteiger partial charge in [0.2, 0.25) is 5.91 Å². The predicted molar refractivity (Wildman–Crippen MR) is 120 cm³/mol. The molecule has 0 aliphatic carbocycles. The second kappa shape index (κ2) is 8.35. The molecular weight excluding hydrogens is 390 g/mol. The highest BCUT2D eigenvalue weighted by atomic mass is 16.5. The highest BCUT2D eigenvalue weighted by molar-refractivity contribution is 5.97. The van der Waals surface area contributed by atoms with Crippen LogP contribution in [0.5, 0.6) is 5.75 Å². The van der Waals surface area contributed by atoms with Gasteiger partial charge in [0.1, 0.15) is 5.75 Å². The first-order chi connectivity index (χ1) is 14.8. The van der Waals surface area contributed by atoms with E-state index in [0.29, 0.717) is 25.2 Å². The van der Waals surface area contributed by atoms with E-state index in [-0.39, 0.29) is 17.7 Å². The molecule has 0 saturated carbocycles. The minimum absolute atomic E-state index is 0.0602. The second-order valence-electron chi connectivity index (χ2n) is 9.04. The Hall–Kier alpha value is -2.86. The van der Waals surface area contributed by atoms with Gasteiger partial charge in [0, 0.05) is 44.9 Å². The SMILES string of the molecule is COc1ccc(C)cc1CN1C[C@H](C(=O)N(C)C)[C@]2(CCc3ccccc3C(=O)N2)C1. The van der Waals surface area contributed by atoms with E-state index >= 15 is 0 Å². The number of carbonyl (C=O) groups excluding carboxylic acids is 2. The molecule has 0 radical (unpaired) electrons. The molecular formula is C25H31N3O3. The van der Waals surface area contributed by atoms with Gasteiger partial charge in [0.15, 0.2) is 0 Å². The number of benzene rings is 2. The first-order valence-corrected chi connectivity index (χ1v) is 10.8. The van der Waals surface area contributed by atoms with Gasteiger partial charge in [-0.15, -0.1) is 0 Å². The lowest BCUT2D eigenvalue weighted by molar-refractivity contribution is -0.134. The van der Waals surface area contributed by atoms with Crippen molar-refractivity contribution in [3.63, 3.8) is 0 Å². The molecule has 2 aromatic rings. The van der Waals surface area contributed by atoms with Gasteiger partial charge in [0.05, 0.1) is 18.6 Å². The summed E-state index contributed by atoms with van der Waals surface area (Å²) < 4.78 is 5.57. The monoisotopic (exact) mass is 421 g/mol. The standard InChI is InChI=1S/C25H31N3O3/c1-17-9-10-22(31-4)19(13-17)14-28-15-21(24(30)27(2)3)25(16-28)12-11-18-7-5-6-8-20(18)23(29)26-25/h5-10,13,21H,11-12,14-16H2,1-4H3,(H,26,29)/t21-,25+/m1/s1. The van der Waals surface area contributed by atoms with Crippen LogP contribution in [0.4, 0.5) is 0 Å². The summed E-state index contributed by atoms with van der Waals surface area (Å²) in [4.78, 5) is 30.3. The van der Waals surface area contributed by atoms with Crippen LogP contribution in [0.3, 0.4) is 0 Å². The molecule has 2 aliphatic rings. The molecule has 1 N–H and O–H groups in total. The molecule has 2 heterocycles. The molecule has 2 aliphatic heterocycles. The number of ether oxygens (including phenoxy) is 1. The zero-order chi connectivity index (χ0) is 22.2. The molecule has 1 fully saturated rings. The van der Waals surface area contributed by atoms with E-state index in [4.69, 9.17) is 4.74 Å². The summed E-state index contributed by atoms with van der Waals surface area (Å²) in [6, 6.07) is 13.9. The lowest BCUT2D eigenvalue weighted by atomic mass is 9.81. The fraction of sp³-hybridized carbons (Fsp3) is 0.440. The Kier molecular flexibility index (Phi) is 5.75. The Bertz CT molecular complexity index is 1000. The molecule has 0 aromatic heterocycles. The van der Waals surface area contributed by atoms with Crippen molar-refractivity contribution >= 4 is 11.8 Å². The number of hydrogen-bond donors (Lipinski definition) is 1. The molecule has 6 heteroatoms. The summed E-state index contributed by atoms with van der Waals surface area (Å²) in [6.07, 6.45) is 1.51. The Morgan fingerprint density at radius 3 is 2.77 bits per heavy atom. The van der Waals surface area contributed by atoms with Crippen LogP contribution in [0.2, 0.25) is 0 Å². The first kappa shape index (κ1) is 21.4. The van der Waals surface area contributed by atoms with Gasteiger partial charge in [-0.1, -0.05) is 35.9 Å². The normalized spacial score (nSPS) is 23.2. The number of nitrogens with one attached hydrogen (secondary N) is 1. The number of fused-ring (bicyclic) bond motifs is 1. The summed E-state index contributed by atoms with van der Waals surface area (Å²) >= 11 is 0. The van der Waals surface area contributed by atoms with Gasteiger partial charge in [0.25, 0.3) is 5.91 Å². The molecule has 2 aromatic carbocycles. The summed E-state index contributed by atoms with van der Waals surface area (Å²) in [5, 5.41) is 3.29. The fourth-order valence-corrected chi connectivity index (χ4v) is 5.08. The van der Waals surface area contributed by atoms with Crippen LogP contribution in [0, 0.1) is 12.8 Å². The van der Waals surface area contributed by atoms with E-state index in [9.17, 15) is 9.59 Å². The topological polar surface area (TPSA) is 61.9 Å². The van der Waals surface area contributed by atoms with Crippen LogP contribution in [-0.2, 0) is 17.8 Å². The van der Waals surface area contributed by atoms with Crippen molar-refractivity contribution in [1.29, 1.82) is 0 Å². The average molecular weight is 422 g/mol. The molecule has 164 valence electrons. The van der Waals surface area contributed by atoms with Crippen LogP contribution in [-0.4, -0.2) is 61.4 Å². The van der Waals surface area contributed by atoms with E-state index in [2.05, 4.69) is 23.2 Å². The highest BCUT2D eigenvalue weighted by Gasteiger charge is 2.52. The predicted octanol–water partition coefficient (Wildman–Crippen LogP) is 2.64. The number of methoxy groups -OCH3 is 1. The number of aryl methyl sites for hydroxylation is 2. The average Bonchev–Trinajstić information content (AvgIpc) is 3.02. The van der Waals surface area contributed by atoms with Crippen molar-refractivity contribution in [3.8, 4) is 5.75 Å². The van der Waals surface area contributed by atoms with E-state index in [0.717, 1.165) is 29.7 Å². The van der Waals surface area contributed by atoms with Crippen LogP contribution in [0.15, 0.2) is 42.5 Å². The molecule has 31 heavy (non-hydrogen) atoms. The zero-order valence-electron chi connectivity index (χ0n) is 18.8. The Morgan fingerprint density at radius 2 is 2.03 bits per heavy atom. The van der Waals surface area contributed by atoms with E-state index in [1.54, 1.807) is 26.1 Å². The third kappa shape index (κ3) is 4.04. The van der Waals surface area contributed by atoms with Crippen molar-refractivity contribution in [2.24, 2.45) is 5.92 Å². The van der Waals surface area contributed by atoms with Gasteiger partial charge >= 0.3 is 0 Å². The smallest absolute Gasteiger partial charge is 0.252 e. The number of amides is 2. The highest BCUT2D eigenvalue weighted by Crippen LogP contribution is 2.37. The minimum Gasteiger partial charge on any atom is -0.496 e. The van der Waals surface area contributed by atoms with Gasteiger partial charge in [-0.2, -0.15) is 0 Å². The Morgan fingerprint density at radius 1 is 1.26 bits per heavy atom. The van der Waals surface area contributed by atoms with Crippen molar-refractivity contribution in [2.75, 3.05) is 34.3 Å². The number of rotatable bonds is 4. The van der Waals surface area contributed by atoms with Crippen molar-refractivity contribution in [2.45, 2.75) is 31.8 Å². The van der Waals surface area contributed by atoms with Crippen molar-refractivity contribution in [1.82, 2.24) is 15.1 Å². The zero-order valence-corrected chi connectivity index (χ0v) is 18.8. The molecule has 0 unspecified atom stereocenters. The van der Waals surface area contributed by atoms with Crippen LogP contribution >= 0.6 is 0 Å². The summed E-state index contributed by atoms with van der Waals surface area (Å²) in [7, 11) is 5.26. The number of likely N-dealkylation sites (tertiary alicyclic amines) is 1. The van der Waals surface area contributed by atoms with Gasteiger partial charge in [-0.25, -0.2) is 0 Å². The third-order valence-electron chi connectivity index (χ3n) is 6.65. The lowest BCUT2D eigenvalue weighted by Crippen LogP contribution is -2.57. The molecule has 6 nitrogen and oxygen atoms in total. The third-order valence-corrected chi connectivity index (χ3v) is 6.65. The molecule has 1 saturated heterocycles. The maximum Gasteiger partial charge on any atom is 0.252 e. The molecule has 2 amide bonds. The number of hydrogen-bond acceptors (Lipinski definition) is 4. The van der Waals surface area contributed by atoms with E-state index in [1.165, 1.54) is 5.56 Å². The second-order valence-corrected chi connectivity index (χ2v) is 9.04. The Balaban J connectivity index is 1.66. The Labute approximate surface area is 184 Å². The van der Waals surface area contributed by atoms with Crippen LogP contribution in [0.25, 0.3) is 0 Å². The summed E-state index contributed by atoms with van der Waals surface area (Å²) in [5.74, 6) is 0.528. The van der Waals surface area contributed by atoms with Crippen LogP contribution in [0.1, 0.15) is 33.5 Å². The molecule has 4 rings (SSSR count). The summed E-state index contributed by atoms with van der Waals surface area (Å²) in [6.45, 7) is 3.97. The van der Waals surface area contributed by atoms with Gasteiger partial charge < -0.3 is 15.0 Å². The summed E-state index contributed by atoms with van der Waals surface area (Å²) in [5.41, 5.74) is 3.44. The quantitative estimate of drug-likeness (QED) is 0.825. The molecule has 2 atom stereocenters. The van der Waals surface area contributed by atoms with Crippen molar-refractivity contribution in [3.05, 3.63) is 64.7 Å². The van der Waals surface area contributed by atoms with E-state index in [1.807, 2.05) is 36.4 Å². The largest absolute Gasteiger partial charge is 0.496 e. The molecule has 0 bridgehead atoms. The van der Waals surface area contributed by atoms with Crippen molar-refractivity contribution < 1.29 is 14.3 Å². The maximum atomic E-state index is 13.2.